The molecule has 6 aromatic rings. The fourth-order valence-corrected chi connectivity index (χ4v) is 7.65. The summed E-state index contributed by atoms with van der Waals surface area (Å²) in [6.07, 6.45) is 4.75. The van der Waals surface area contributed by atoms with Crippen LogP contribution in [-0.4, -0.2) is 20.4 Å². The van der Waals surface area contributed by atoms with Crippen LogP contribution in [0.3, 0.4) is 0 Å². The van der Waals surface area contributed by atoms with Crippen LogP contribution in [0.25, 0.3) is 49.3 Å². The van der Waals surface area contributed by atoms with Gasteiger partial charge in [0, 0.05) is 42.7 Å². The molecule has 0 amide bonds. The third-order valence-corrected chi connectivity index (χ3v) is 12.4. The molecule has 1 N–H and O–H groups in total. The Morgan fingerprint density at radius 3 is 1.89 bits per heavy atom. The zero-order valence-electron chi connectivity index (χ0n) is 33.7. The number of para-hydroxylation sites is 2. The summed E-state index contributed by atoms with van der Waals surface area (Å²) in [4.78, 5) is 17.4. The van der Waals surface area contributed by atoms with Gasteiger partial charge in [-0.3, -0.25) is 21.1 Å². The average molecular weight is 918 g/mol. The van der Waals surface area contributed by atoms with Crippen LogP contribution in [0, 0.1) is 16.2 Å². The summed E-state index contributed by atoms with van der Waals surface area (Å²) < 4.78 is 3.64. The number of thiophene rings is 1. The van der Waals surface area contributed by atoms with Crippen LogP contribution in [-0.2, 0) is 24.9 Å². The SMILES string of the molecule is CC(C)c1cc(-c2ccccc2)cc(C(C)C)c1-n1c(-c2[c-]sc3ccccc23)nc2ccccc21.CCC(C)(CC)C(=O)/C=C(\O)C(C)(CC)CC.[Ir]. The predicted octanol–water partition coefficient (Wildman–Crippen LogP) is 14.3. The Hall–Kier alpha value is -3.83. The first-order valence-corrected chi connectivity index (χ1v) is 20.2. The molecule has 0 saturated carbocycles. The van der Waals surface area contributed by atoms with Crippen LogP contribution in [0.2, 0.25) is 0 Å². The number of aromatic nitrogens is 2. The Morgan fingerprint density at radius 2 is 1.31 bits per heavy atom. The molecule has 0 aliphatic carbocycles. The normalized spacial score (nSPS) is 12.3. The van der Waals surface area contributed by atoms with Gasteiger partial charge >= 0.3 is 0 Å². The number of hydrogen-bond acceptors (Lipinski definition) is 4. The first-order valence-electron chi connectivity index (χ1n) is 19.4. The van der Waals surface area contributed by atoms with E-state index in [0.29, 0.717) is 11.8 Å². The third-order valence-electron chi connectivity index (χ3n) is 11.5. The minimum atomic E-state index is -0.337. The van der Waals surface area contributed by atoms with Gasteiger partial charge in [-0.15, -0.1) is 11.5 Å². The second-order valence-electron chi connectivity index (χ2n) is 15.4. The Labute approximate surface area is 341 Å². The van der Waals surface area contributed by atoms with Crippen molar-refractivity contribution in [1.29, 1.82) is 0 Å². The van der Waals surface area contributed by atoms with Crippen molar-refractivity contribution in [2.24, 2.45) is 10.8 Å². The molecule has 6 rings (SSSR count). The molecule has 4 aromatic carbocycles. The summed E-state index contributed by atoms with van der Waals surface area (Å²) in [7, 11) is 0. The second kappa shape index (κ2) is 18.2. The van der Waals surface area contributed by atoms with Gasteiger partial charge in [0.1, 0.15) is 5.76 Å². The molecule has 0 fully saturated rings. The molecule has 2 aromatic heterocycles. The number of nitrogens with zero attached hydrogens (tertiary/aromatic N) is 2. The number of carbonyl (C=O) groups excluding carboxylic acids is 1. The van der Waals surface area contributed by atoms with Gasteiger partial charge in [0.05, 0.1) is 16.9 Å². The van der Waals surface area contributed by atoms with E-state index in [1.807, 2.05) is 41.5 Å². The summed E-state index contributed by atoms with van der Waals surface area (Å²) in [6.45, 7) is 21.3. The number of carbonyl (C=O) groups is 1. The number of allylic oxidation sites excluding steroid dienone is 2. The molecule has 0 atom stereocenters. The largest absolute Gasteiger partial charge is 0.512 e. The van der Waals surface area contributed by atoms with Gasteiger partial charge < -0.3 is 9.67 Å². The molecule has 2 heterocycles. The minimum Gasteiger partial charge on any atom is -0.512 e. The summed E-state index contributed by atoms with van der Waals surface area (Å²) in [5.74, 6) is 1.94. The van der Waals surface area contributed by atoms with Crippen molar-refractivity contribution >= 4 is 38.2 Å². The summed E-state index contributed by atoms with van der Waals surface area (Å²) in [5, 5.41) is 14.9. The van der Waals surface area contributed by atoms with Crippen molar-refractivity contribution in [2.75, 3.05) is 0 Å². The molecule has 0 bridgehead atoms. The zero-order chi connectivity index (χ0) is 38.5. The first kappa shape index (κ1) is 42.9. The van der Waals surface area contributed by atoms with E-state index in [1.54, 1.807) is 11.3 Å². The summed E-state index contributed by atoms with van der Waals surface area (Å²) >= 11 is 1.66. The average Bonchev–Trinajstić information content (AvgIpc) is 3.78. The van der Waals surface area contributed by atoms with Crippen LogP contribution < -0.4 is 0 Å². The Balaban J connectivity index is 0.000000309. The molecule has 0 spiro atoms. The molecule has 0 saturated heterocycles. The Bertz CT molecular complexity index is 2170. The second-order valence-corrected chi connectivity index (χ2v) is 16.3. The van der Waals surface area contributed by atoms with E-state index in [9.17, 15) is 9.90 Å². The number of aliphatic hydroxyl groups excluding tert-OH is 1. The number of imidazole rings is 1. The number of rotatable bonds is 12. The van der Waals surface area contributed by atoms with E-state index < -0.39 is 0 Å². The van der Waals surface area contributed by atoms with Crippen LogP contribution >= 0.6 is 11.3 Å². The van der Waals surface area contributed by atoms with Crippen LogP contribution in [0.15, 0.2) is 103 Å². The maximum absolute atomic E-state index is 12.2. The molecule has 0 unspecified atom stereocenters. The third kappa shape index (κ3) is 8.67. The van der Waals surface area contributed by atoms with Gasteiger partial charge in [0.2, 0.25) is 0 Å². The van der Waals surface area contributed by atoms with E-state index in [2.05, 4.69) is 129 Å². The topological polar surface area (TPSA) is 55.1 Å². The van der Waals surface area contributed by atoms with E-state index in [4.69, 9.17) is 4.98 Å². The van der Waals surface area contributed by atoms with E-state index in [-0.39, 0.29) is 42.5 Å². The monoisotopic (exact) mass is 918 g/mol. The van der Waals surface area contributed by atoms with Crippen molar-refractivity contribution in [3.05, 3.63) is 119 Å². The smallest absolute Gasteiger partial charge is 0.164 e. The first-order chi connectivity index (χ1) is 25.3. The molecular formula is C48H57IrN2O2S-. The molecule has 287 valence electrons. The molecular weight excluding hydrogens is 861 g/mol. The quantitative estimate of drug-likeness (QED) is 0.0756. The predicted molar refractivity (Wildman–Crippen MR) is 227 cm³/mol. The van der Waals surface area contributed by atoms with Gasteiger partial charge in [0.15, 0.2) is 5.78 Å². The zero-order valence-corrected chi connectivity index (χ0v) is 36.9. The number of hydrogen-bond donors (Lipinski definition) is 1. The van der Waals surface area contributed by atoms with E-state index >= 15 is 0 Å². The van der Waals surface area contributed by atoms with Gasteiger partial charge in [-0.2, -0.15) is 0 Å². The molecule has 6 heteroatoms. The van der Waals surface area contributed by atoms with Crippen LogP contribution in [0.5, 0.6) is 0 Å². The molecule has 0 aliphatic rings. The van der Waals surface area contributed by atoms with Crippen LogP contribution in [0.1, 0.15) is 118 Å². The molecule has 4 nitrogen and oxygen atoms in total. The molecule has 54 heavy (non-hydrogen) atoms. The summed E-state index contributed by atoms with van der Waals surface area (Å²) in [6, 6.07) is 32.5. The number of ketones is 1. The standard InChI is InChI=1S/C33H29N2S.C15H28O2.Ir/c1-21(2)26-18-24(23-12-6-5-7-13-23)19-27(22(3)4)32(26)35-30-16-10-9-15-29(30)34-33(35)28-20-36-31-17-11-8-14-25(28)31;1-7-14(5,8-2)12(16)11-13(17)15(6,9-3)10-4;/h5-19,21-22H,1-4H3;11,16H,7-10H2,1-6H3;/q-1;;/b;12-11-;. The summed E-state index contributed by atoms with van der Waals surface area (Å²) in [5.41, 5.74) is 9.06. The maximum atomic E-state index is 12.2. The number of benzene rings is 4. The minimum absolute atomic E-state index is 0. The fraction of sp³-hybridized carbons (Fsp3) is 0.375. The van der Waals surface area contributed by atoms with E-state index in [0.717, 1.165) is 48.1 Å². The molecule has 0 aliphatic heterocycles. The van der Waals surface area contributed by atoms with E-state index in [1.165, 1.54) is 44.1 Å². The van der Waals surface area contributed by atoms with Crippen molar-refractivity contribution < 1.29 is 30.0 Å². The number of fused-ring (bicyclic) bond motifs is 2. The van der Waals surface area contributed by atoms with Gasteiger partial charge in [-0.05, 0) is 84.0 Å². The molecule has 1 radical (unpaired) electrons. The van der Waals surface area contributed by atoms with Gasteiger partial charge in [-0.25, -0.2) is 0 Å². The van der Waals surface area contributed by atoms with Crippen LogP contribution in [0.4, 0.5) is 0 Å². The van der Waals surface area contributed by atoms with Crippen molar-refractivity contribution in [3.63, 3.8) is 0 Å². The van der Waals surface area contributed by atoms with Crippen molar-refractivity contribution in [3.8, 4) is 28.2 Å². The number of aliphatic hydroxyl groups is 1. The Kier molecular flexibility index (Phi) is 14.5. The fourth-order valence-electron chi connectivity index (χ4n) is 6.81. The van der Waals surface area contributed by atoms with Gasteiger partial charge in [-0.1, -0.05) is 146 Å². The Morgan fingerprint density at radius 1 is 0.778 bits per heavy atom. The van der Waals surface area contributed by atoms with Gasteiger partial charge in [0.25, 0.3) is 0 Å². The maximum Gasteiger partial charge on any atom is 0.164 e. The van der Waals surface area contributed by atoms with Crippen molar-refractivity contribution in [1.82, 2.24) is 9.55 Å². The van der Waals surface area contributed by atoms with Crippen molar-refractivity contribution in [2.45, 2.75) is 107 Å².